The number of alkyl halides is 3. The fraction of sp³-hybridized carbons (Fsp3) is 0.467. The van der Waals surface area contributed by atoms with E-state index in [1.54, 1.807) is 0 Å². The van der Waals surface area contributed by atoms with E-state index in [4.69, 9.17) is 5.11 Å². The number of carbonyl (C=O) groups excluding carboxylic acids is 1. The Morgan fingerprint density at radius 1 is 1.30 bits per heavy atom. The lowest BCUT2D eigenvalue weighted by Gasteiger charge is -2.19. The van der Waals surface area contributed by atoms with Gasteiger partial charge in [0.2, 0.25) is 5.67 Å². The number of halogens is 3. The number of likely N-dealkylation sites (tertiary alicyclic amines) is 1. The molecule has 1 fully saturated rings. The van der Waals surface area contributed by atoms with Crippen LogP contribution in [0.4, 0.5) is 13.2 Å². The van der Waals surface area contributed by atoms with Crippen molar-refractivity contribution in [2.45, 2.75) is 32.5 Å². The van der Waals surface area contributed by atoms with E-state index in [1.807, 2.05) is 0 Å². The van der Waals surface area contributed by atoms with Gasteiger partial charge in [0.05, 0.1) is 6.54 Å². The molecule has 0 aliphatic carbocycles. The summed E-state index contributed by atoms with van der Waals surface area (Å²) in [6.07, 6.45) is -0.279. The molecule has 126 valence electrons. The van der Waals surface area contributed by atoms with Gasteiger partial charge < -0.3 is 14.7 Å². The maximum atomic E-state index is 14.0. The van der Waals surface area contributed by atoms with Crippen LogP contribution < -0.4 is 4.74 Å². The SMILES string of the molecule is Cc1cc(C(=O)N2CCC(F)(C(=O)O)C2)cc(C)c1OC(F)F. The molecule has 2 rings (SSSR count). The Morgan fingerprint density at radius 2 is 1.87 bits per heavy atom. The molecule has 1 N–H and O–H groups in total. The Morgan fingerprint density at radius 3 is 2.30 bits per heavy atom. The minimum absolute atomic E-state index is 0.0108. The molecule has 0 aromatic heterocycles. The summed E-state index contributed by atoms with van der Waals surface area (Å²) in [6, 6.07) is 2.73. The summed E-state index contributed by atoms with van der Waals surface area (Å²) in [5, 5.41) is 8.85. The van der Waals surface area contributed by atoms with Crippen LogP contribution in [0.1, 0.15) is 27.9 Å². The Bertz CT molecular complexity index is 627. The standard InChI is InChI=1S/C15H16F3NO4/c1-8-5-10(6-9(2)11(8)23-14(16)17)12(20)19-4-3-15(18,7-19)13(21)22/h5-6,14H,3-4,7H2,1-2H3,(H,21,22). The molecule has 0 radical (unpaired) electrons. The molecule has 1 atom stereocenters. The fourth-order valence-electron chi connectivity index (χ4n) is 2.65. The van der Waals surface area contributed by atoms with Crippen LogP contribution in [-0.4, -0.2) is 47.3 Å². The molecule has 0 saturated carbocycles. The van der Waals surface area contributed by atoms with Crippen molar-refractivity contribution in [3.05, 3.63) is 28.8 Å². The summed E-state index contributed by atoms with van der Waals surface area (Å²) in [4.78, 5) is 24.4. The minimum atomic E-state index is -2.98. The molecule has 1 amide bonds. The van der Waals surface area contributed by atoms with Crippen LogP contribution in [0, 0.1) is 13.8 Å². The van der Waals surface area contributed by atoms with Gasteiger partial charge in [-0.3, -0.25) is 4.79 Å². The molecule has 1 heterocycles. The Kier molecular flexibility index (Phi) is 4.53. The highest BCUT2D eigenvalue weighted by Gasteiger charge is 2.47. The molecule has 1 saturated heterocycles. The second kappa shape index (κ2) is 6.10. The molecule has 1 aromatic carbocycles. The van der Waals surface area contributed by atoms with E-state index in [2.05, 4.69) is 4.74 Å². The highest BCUT2D eigenvalue weighted by Crippen LogP contribution is 2.30. The van der Waals surface area contributed by atoms with E-state index < -0.39 is 30.7 Å². The zero-order chi connectivity index (χ0) is 17.4. The Hall–Kier alpha value is -2.25. The zero-order valence-electron chi connectivity index (χ0n) is 12.6. The number of rotatable bonds is 4. The number of carbonyl (C=O) groups is 2. The van der Waals surface area contributed by atoms with Gasteiger partial charge in [-0.25, -0.2) is 9.18 Å². The van der Waals surface area contributed by atoms with E-state index in [-0.39, 0.29) is 24.3 Å². The van der Waals surface area contributed by atoms with Crippen LogP contribution in [0.3, 0.4) is 0 Å². The molecule has 8 heteroatoms. The van der Waals surface area contributed by atoms with Crippen molar-refractivity contribution >= 4 is 11.9 Å². The number of nitrogens with zero attached hydrogens (tertiary/aromatic N) is 1. The summed E-state index contributed by atoms with van der Waals surface area (Å²) in [5.74, 6) is -2.15. The summed E-state index contributed by atoms with van der Waals surface area (Å²) >= 11 is 0. The number of carboxylic acids is 1. The lowest BCUT2D eigenvalue weighted by atomic mass is 10.0. The zero-order valence-corrected chi connectivity index (χ0v) is 12.6. The summed E-state index contributed by atoms with van der Waals surface area (Å²) in [7, 11) is 0. The van der Waals surface area contributed by atoms with E-state index >= 15 is 0 Å². The third kappa shape index (κ3) is 3.40. The molecule has 1 aliphatic heterocycles. The molecule has 1 aliphatic rings. The van der Waals surface area contributed by atoms with Crippen molar-refractivity contribution in [1.29, 1.82) is 0 Å². The fourth-order valence-corrected chi connectivity index (χ4v) is 2.65. The minimum Gasteiger partial charge on any atom is -0.479 e. The van der Waals surface area contributed by atoms with Gasteiger partial charge in [0.25, 0.3) is 5.91 Å². The van der Waals surface area contributed by atoms with E-state index in [1.165, 1.54) is 26.0 Å². The number of amides is 1. The topological polar surface area (TPSA) is 66.8 Å². The number of hydrogen-bond acceptors (Lipinski definition) is 3. The molecule has 5 nitrogen and oxygen atoms in total. The predicted octanol–water partition coefficient (Wildman–Crippen LogP) is 2.54. The van der Waals surface area contributed by atoms with Crippen molar-refractivity contribution in [2.75, 3.05) is 13.1 Å². The first kappa shape index (κ1) is 17.1. The van der Waals surface area contributed by atoms with Gasteiger partial charge >= 0.3 is 12.6 Å². The van der Waals surface area contributed by atoms with Crippen molar-refractivity contribution in [1.82, 2.24) is 4.90 Å². The van der Waals surface area contributed by atoms with Crippen molar-refractivity contribution in [3.63, 3.8) is 0 Å². The lowest BCUT2D eigenvalue weighted by Crippen LogP contribution is -2.38. The highest BCUT2D eigenvalue weighted by atomic mass is 19.3. The van der Waals surface area contributed by atoms with Crippen molar-refractivity contribution in [3.8, 4) is 5.75 Å². The van der Waals surface area contributed by atoms with E-state index in [9.17, 15) is 22.8 Å². The molecule has 1 aromatic rings. The average Bonchev–Trinajstić information content (AvgIpc) is 2.85. The number of carboxylic acid groups (broad SMARTS) is 1. The monoisotopic (exact) mass is 331 g/mol. The smallest absolute Gasteiger partial charge is 0.387 e. The number of aryl methyl sites for hydroxylation is 2. The normalized spacial score (nSPS) is 20.9. The van der Waals surface area contributed by atoms with Crippen LogP contribution >= 0.6 is 0 Å². The van der Waals surface area contributed by atoms with Crippen LogP contribution in [0.15, 0.2) is 12.1 Å². The average molecular weight is 331 g/mol. The number of aliphatic carboxylic acids is 1. The molecular formula is C15H16F3NO4. The van der Waals surface area contributed by atoms with Gasteiger partial charge in [-0.15, -0.1) is 0 Å². The second-order valence-corrected chi connectivity index (χ2v) is 5.56. The van der Waals surface area contributed by atoms with Crippen LogP contribution in [0.2, 0.25) is 0 Å². The largest absolute Gasteiger partial charge is 0.479 e. The summed E-state index contributed by atoms with van der Waals surface area (Å²) < 4.78 is 43.1. The second-order valence-electron chi connectivity index (χ2n) is 5.56. The van der Waals surface area contributed by atoms with Gasteiger partial charge in [-0.1, -0.05) is 0 Å². The molecule has 0 bridgehead atoms. The van der Waals surface area contributed by atoms with E-state index in [0.717, 1.165) is 4.90 Å². The van der Waals surface area contributed by atoms with Crippen molar-refractivity contribution < 1.29 is 32.6 Å². The first-order chi connectivity index (χ1) is 10.6. The quantitative estimate of drug-likeness (QED) is 0.921. The molecular weight excluding hydrogens is 315 g/mol. The Balaban J connectivity index is 2.23. The number of ether oxygens (including phenoxy) is 1. The number of hydrogen-bond donors (Lipinski definition) is 1. The lowest BCUT2D eigenvalue weighted by molar-refractivity contribution is -0.149. The maximum Gasteiger partial charge on any atom is 0.387 e. The van der Waals surface area contributed by atoms with E-state index in [0.29, 0.717) is 11.1 Å². The molecule has 0 spiro atoms. The summed E-state index contributed by atoms with van der Waals surface area (Å²) in [6.45, 7) is -0.497. The van der Waals surface area contributed by atoms with Crippen LogP contribution in [-0.2, 0) is 4.79 Å². The maximum absolute atomic E-state index is 14.0. The van der Waals surface area contributed by atoms with Gasteiger partial charge in [0.15, 0.2) is 0 Å². The molecule has 23 heavy (non-hydrogen) atoms. The first-order valence-corrected chi connectivity index (χ1v) is 6.91. The predicted molar refractivity (Wildman–Crippen MR) is 74.5 cm³/mol. The first-order valence-electron chi connectivity index (χ1n) is 6.91. The third-order valence-electron chi connectivity index (χ3n) is 3.80. The van der Waals surface area contributed by atoms with Gasteiger partial charge in [0, 0.05) is 18.5 Å². The van der Waals surface area contributed by atoms with Crippen LogP contribution in [0.5, 0.6) is 5.75 Å². The van der Waals surface area contributed by atoms with Gasteiger partial charge in [-0.2, -0.15) is 8.78 Å². The highest BCUT2D eigenvalue weighted by molar-refractivity contribution is 5.96. The third-order valence-corrected chi connectivity index (χ3v) is 3.80. The summed E-state index contributed by atoms with van der Waals surface area (Å²) in [5.41, 5.74) is -1.58. The van der Waals surface area contributed by atoms with Crippen molar-refractivity contribution in [2.24, 2.45) is 0 Å². The molecule has 1 unspecified atom stereocenters. The van der Waals surface area contributed by atoms with Gasteiger partial charge in [0.1, 0.15) is 5.75 Å². The van der Waals surface area contributed by atoms with Gasteiger partial charge in [-0.05, 0) is 37.1 Å². The number of benzene rings is 1. The Labute approximate surface area is 130 Å². The van der Waals surface area contributed by atoms with Crippen LogP contribution in [0.25, 0.3) is 0 Å².